The normalized spacial score (nSPS) is 24.1. The molecule has 0 amide bonds. The Bertz CT molecular complexity index is 225. The summed E-state index contributed by atoms with van der Waals surface area (Å²) < 4.78 is 5.61. The smallest absolute Gasteiger partial charge is 0.158 e. The van der Waals surface area contributed by atoms with Crippen LogP contribution in [0.3, 0.4) is 0 Å². The second-order valence-electron chi connectivity index (χ2n) is 5.89. The van der Waals surface area contributed by atoms with Crippen LogP contribution in [0.15, 0.2) is 0 Å². The molecule has 1 rings (SSSR count). The van der Waals surface area contributed by atoms with Crippen LogP contribution in [0.2, 0.25) is 0 Å². The number of unbranched alkanes of at least 4 members (excludes halogenated alkanes) is 3. The number of hydrogen-bond donors (Lipinski definition) is 0. The van der Waals surface area contributed by atoms with Crippen molar-refractivity contribution in [3.05, 3.63) is 0 Å². The first-order chi connectivity index (χ1) is 8.74. The lowest BCUT2D eigenvalue weighted by molar-refractivity contribution is -0.124. The largest absolute Gasteiger partial charge is 0.373 e. The van der Waals surface area contributed by atoms with Gasteiger partial charge in [0.1, 0.15) is 6.61 Å². The fourth-order valence-corrected chi connectivity index (χ4v) is 2.79. The van der Waals surface area contributed by atoms with Crippen LogP contribution in [0.4, 0.5) is 0 Å². The van der Waals surface area contributed by atoms with E-state index in [1.54, 1.807) is 0 Å². The fourth-order valence-electron chi connectivity index (χ4n) is 2.79. The molecule has 0 bridgehead atoms. The van der Waals surface area contributed by atoms with Crippen LogP contribution in [0.25, 0.3) is 0 Å². The van der Waals surface area contributed by atoms with Crippen LogP contribution in [0.5, 0.6) is 0 Å². The molecule has 0 saturated heterocycles. The van der Waals surface area contributed by atoms with Gasteiger partial charge in [0.25, 0.3) is 0 Å². The maximum absolute atomic E-state index is 11.6. The van der Waals surface area contributed by atoms with Crippen molar-refractivity contribution in [2.45, 2.75) is 71.6 Å². The molecular weight excluding hydrogens is 224 g/mol. The molecule has 1 aliphatic carbocycles. The minimum absolute atomic E-state index is 0.287. The highest BCUT2D eigenvalue weighted by atomic mass is 16.5. The van der Waals surface area contributed by atoms with Crippen LogP contribution in [0.1, 0.15) is 71.6 Å². The lowest BCUT2D eigenvalue weighted by atomic mass is 9.81. The highest BCUT2D eigenvalue weighted by Gasteiger charge is 2.21. The minimum Gasteiger partial charge on any atom is -0.373 e. The predicted molar refractivity (Wildman–Crippen MR) is 75.7 cm³/mol. The Morgan fingerprint density at radius 1 is 1.17 bits per heavy atom. The van der Waals surface area contributed by atoms with Gasteiger partial charge in [0.15, 0.2) is 5.78 Å². The molecule has 2 atom stereocenters. The van der Waals surface area contributed by atoms with Gasteiger partial charge in [0, 0.05) is 6.42 Å². The van der Waals surface area contributed by atoms with E-state index >= 15 is 0 Å². The van der Waals surface area contributed by atoms with Crippen LogP contribution >= 0.6 is 0 Å². The summed E-state index contributed by atoms with van der Waals surface area (Å²) in [7, 11) is 0. The summed E-state index contributed by atoms with van der Waals surface area (Å²) in [5.41, 5.74) is 0. The van der Waals surface area contributed by atoms with Crippen molar-refractivity contribution in [3.8, 4) is 0 Å². The van der Waals surface area contributed by atoms with Gasteiger partial charge in [-0.15, -0.1) is 0 Å². The summed E-state index contributed by atoms with van der Waals surface area (Å²) in [6, 6.07) is 0. The van der Waals surface area contributed by atoms with Crippen molar-refractivity contribution >= 4 is 5.78 Å². The SMILES string of the molecule is CCCCCCC(=O)COCC1CCCCC1C. The van der Waals surface area contributed by atoms with Gasteiger partial charge in [-0.2, -0.15) is 0 Å². The number of hydrogen-bond acceptors (Lipinski definition) is 2. The highest BCUT2D eigenvalue weighted by Crippen LogP contribution is 2.29. The van der Waals surface area contributed by atoms with Crippen molar-refractivity contribution in [2.24, 2.45) is 11.8 Å². The van der Waals surface area contributed by atoms with Crippen molar-refractivity contribution in [1.82, 2.24) is 0 Å². The van der Waals surface area contributed by atoms with E-state index in [-0.39, 0.29) is 5.78 Å². The molecule has 0 aromatic heterocycles. The average Bonchev–Trinajstić information content (AvgIpc) is 2.37. The van der Waals surface area contributed by atoms with Crippen molar-refractivity contribution in [3.63, 3.8) is 0 Å². The van der Waals surface area contributed by atoms with Gasteiger partial charge in [0.2, 0.25) is 0 Å². The molecule has 0 spiro atoms. The van der Waals surface area contributed by atoms with Crippen molar-refractivity contribution in [2.75, 3.05) is 13.2 Å². The predicted octanol–water partition coefficient (Wildman–Crippen LogP) is 4.37. The van der Waals surface area contributed by atoms with Gasteiger partial charge in [-0.25, -0.2) is 0 Å². The molecule has 0 aliphatic heterocycles. The average molecular weight is 254 g/mol. The summed E-state index contributed by atoms with van der Waals surface area (Å²) in [5, 5.41) is 0. The Kier molecular flexibility index (Phi) is 8.32. The Labute approximate surface area is 112 Å². The molecule has 106 valence electrons. The second-order valence-corrected chi connectivity index (χ2v) is 5.89. The van der Waals surface area contributed by atoms with Crippen LogP contribution in [-0.4, -0.2) is 19.0 Å². The molecule has 1 saturated carbocycles. The zero-order chi connectivity index (χ0) is 13.2. The standard InChI is InChI=1S/C16H30O2/c1-3-4-5-6-11-16(17)13-18-12-15-10-8-7-9-14(15)2/h14-15H,3-13H2,1-2H3. The molecule has 0 aromatic rings. The zero-order valence-electron chi connectivity index (χ0n) is 12.2. The molecule has 0 aromatic carbocycles. The van der Waals surface area contributed by atoms with E-state index in [1.165, 1.54) is 44.9 Å². The van der Waals surface area contributed by atoms with E-state index in [0.717, 1.165) is 18.9 Å². The van der Waals surface area contributed by atoms with Crippen LogP contribution in [0, 0.1) is 11.8 Å². The summed E-state index contributed by atoms with van der Waals surface area (Å²) in [6.07, 6.45) is 10.7. The molecule has 0 heterocycles. The van der Waals surface area contributed by atoms with E-state index in [9.17, 15) is 4.79 Å². The zero-order valence-corrected chi connectivity index (χ0v) is 12.2. The summed E-state index contributed by atoms with van der Waals surface area (Å²) in [5.74, 6) is 1.75. The molecular formula is C16H30O2. The molecule has 1 aliphatic rings. The molecule has 2 unspecified atom stereocenters. The van der Waals surface area contributed by atoms with E-state index < -0.39 is 0 Å². The Hall–Kier alpha value is -0.370. The number of ketones is 1. The third-order valence-corrected chi connectivity index (χ3v) is 4.19. The molecule has 1 fully saturated rings. The molecule has 18 heavy (non-hydrogen) atoms. The van der Waals surface area contributed by atoms with Gasteiger partial charge >= 0.3 is 0 Å². The first-order valence-electron chi connectivity index (χ1n) is 7.83. The van der Waals surface area contributed by atoms with E-state index in [2.05, 4.69) is 13.8 Å². The quantitative estimate of drug-likeness (QED) is 0.571. The third-order valence-electron chi connectivity index (χ3n) is 4.19. The van der Waals surface area contributed by atoms with Gasteiger partial charge in [-0.05, 0) is 24.7 Å². The van der Waals surface area contributed by atoms with Gasteiger partial charge in [-0.3, -0.25) is 4.79 Å². The lowest BCUT2D eigenvalue weighted by Crippen LogP contribution is -2.23. The number of rotatable bonds is 9. The number of ether oxygens (including phenoxy) is 1. The summed E-state index contributed by atoms with van der Waals surface area (Å²) in [6.45, 7) is 5.65. The van der Waals surface area contributed by atoms with Gasteiger partial charge in [0.05, 0.1) is 6.61 Å². The van der Waals surface area contributed by atoms with E-state index in [1.807, 2.05) is 0 Å². The van der Waals surface area contributed by atoms with Crippen LogP contribution < -0.4 is 0 Å². The van der Waals surface area contributed by atoms with Crippen molar-refractivity contribution < 1.29 is 9.53 Å². The first kappa shape index (κ1) is 15.7. The summed E-state index contributed by atoms with van der Waals surface area (Å²) >= 11 is 0. The molecule has 0 radical (unpaired) electrons. The Morgan fingerprint density at radius 2 is 1.94 bits per heavy atom. The number of carbonyl (C=O) groups is 1. The number of Topliss-reactive ketones (excluding diaryl/α,β-unsaturated/α-hetero) is 1. The maximum Gasteiger partial charge on any atom is 0.158 e. The van der Waals surface area contributed by atoms with Crippen LogP contribution in [-0.2, 0) is 9.53 Å². The topological polar surface area (TPSA) is 26.3 Å². The van der Waals surface area contributed by atoms with Crippen molar-refractivity contribution in [1.29, 1.82) is 0 Å². The third kappa shape index (κ3) is 6.53. The minimum atomic E-state index is 0.287. The molecule has 2 heteroatoms. The first-order valence-corrected chi connectivity index (χ1v) is 7.83. The second kappa shape index (κ2) is 9.55. The highest BCUT2D eigenvalue weighted by molar-refractivity contribution is 5.79. The van der Waals surface area contributed by atoms with E-state index in [4.69, 9.17) is 4.74 Å². The fraction of sp³-hybridized carbons (Fsp3) is 0.938. The lowest BCUT2D eigenvalue weighted by Gasteiger charge is -2.28. The molecule has 2 nitrogen and oxygen atoms in total. The Morgan fingerprint density at radius 3 is 2.67 bits per heavy atom. The maximum atomic E-state index is 11.6. The number of carbonyl (C=O) groups excluding carboxylic acids is 1. The van der Waals surface area contributed by atoms with Gasteiger partial charge < -0.3 is 4.74 Å². The van der Waals surface area contributed by atoms with Gasteiger partial charge in [-0.1, -0.05) is 52.4 Å². The summed E-state index contributed by atoms with van der Waals surface area (Å²) in [4.78, 5) is 11.6. The van der Waals surface area contributed by atoms with E-state index in [0.29, 0.717) is 18.9 Å². The molecule has 0 N–H and O–H groups in total. The Balaban J connectivity index is 2.00. The monoisotopic (exact) mass is 254 g/mol.